The number of ketones is 1. The summed E-state index contributed by atoms with van der Waals surface area (Å²) in [5.74, 6) is -0.296. The maximum atomic E-state index is 12.2. The van der Waals surface area contributed by atoms with Gasteiger partial charge in [0.25, 0.3) is 5.91 Å². The van der Waals surface area contributed by atoms with Crippen molar-refractivity contribution in [2.24, 2.45) is 0 Å². The summed E-state index contributed by atoms with van der Waals surface area (Å²) in [7, 11) is 0. The van der Waals surface area contributed by atoms with Gasteiger partial charge in [0, 0.05) is 0 Å². The van der Waals surface area contributed by atoms with Crippen LogP contribution in [0.5, 0.6) is 0 Å². The van der Waals surface area contributed by atoms with Gasteiger partial charge in [-0.05, 0) is 50.1 Å². The fraction of sp³-hybridized carbons (Fsp3) is 0.200. The van der Waals surface area contributed by atoms with Gasteiger partial charge in [0.2, 0.25) is 0 Å². The minimum absolute atomic E-state index is 0.0430. The molecule has 0 saturated heterocycles. The van der Waals surface area contributed by atoms with E-state index in [1.807, 2.05) is 19.9 Å². The molecule has 1 heterocycles. The van der Waals surface area contributed by atoms with E-state index in [2.05, 4.69) is 5.32 Å². The van der Waals surface area contributed by atoms with Gasteiger partial charge in [-0.15, -0.1) is 11.3 Å². The quantitative estimate of drug-likeness (QED) is 0.850. The Kier molecular flexibility index (Phi) is 4.26. The van der Waals surface area contributed by atoms with Crippen LogP contribution in [0.2, 0.25) is 5.02 Å². The van der Waals surface area contributed by atoms with Crippen molar-refractivity contribution in [2.45, 2.75) is 20.8 Å². The van der Waals surface area contributed by atoms with E-state index >= 15 is 0 Å². The van der Waals surface area contributed by atoms with Crippen LogP contribution in [0, 0.1) is 13.8 Å². The first kappa shape index (κ1) is 14.8. The maximum Gasteiger partial charge on any atom is 0.265 e. The summed E-state index contributed by atoms with van der Waals surface area (Å²) in [5, 5.41) is 3.32. The smallest absolute Gasteiger partial charge is 0.265 e. The van der Waals surface area contributed by atoms with Crippen LogP contribution < -0.4 is 5.32 Å². The highest BCUT2D eigenvalue weighted by Crippen LogP contribution is 2.28. The second-order valence-electron chi connectivity index (χ2n) is 4.61. The number of carbonyl (C=O) groups is 2. The molecule has 1 N–H and O–H groups in total. The Morgan fingerprint density at radius 2 is 1.80 bits per heavy atom. The van der Waals surface area contributed by atoms with E-state index in [9.17, 15) is 9.59 Å². The van der Waals surface area contributed by atoms with E-state index in [4.69, 9.17) is 11.6 Å². The van der Waals surface area contributed by atoms with Crippen LogP contribution in [-0.4, -0.2) is 11.7 Å². The van der Waals surface area contributed by atoms with Crippen molar-refractivity contribution in [3.8, 4) is 0 Å². The number of aryl methyl sites for hydroxylation is 2. The van der Waals surface area contributed by atoms with Gasteiger partial charge in [0.15, 0.2) is 5.78 Å². The van der Waals surface area contributed by atoms with E-state index in [0.717, 1.165) is 11.1 Å². The Balaban J connectivity index is 2.25. The number of anilines is 1. The highest BCUT2D eigenvalue weighted by molar-refractivity contribution is 7.16. The zero-order chi connectivity index (χ0) is 14.9. The fourth-order valence-electron chi connectivity index (χ4n) is 1.90. The second-order valence-corrected chi connectivity index (χ2v) is 6.10. The number of amides is 1. The summed E-state index contributed by atoms with van der Waals surface area (Å²) in [6, 6.07) is 7.07. The van der Waals surface area contributed by atoms with E-state index in [0.29, 0.717) is 20.5 Å². The molecule has 0 unspecified atom stereocenters. The van der Waals surface area contributed by atoms with Gasteiger partial charge in [0.05, 0.1) is 20.5 Å². The van der Waals surface area contributed by atoms with Crippen molar-refractivity contribution >= 4 is 40.3 Å². The van der Waals surface area contributed by atoms with Crippen molar-refractivity contribution in [2.75, 3.05) is 5.32 Å². The van der Waals surface area contributed by atoms with Crippen LogP contribution in [0.1, 0.15) is 37.4 Å². The minimum atomic E-state index is -0.253. The summed E-state index contributed by atoms with van der Waals surface area (Å²) in [4.78, 5) is 24.5. The molecule has 2 aromatic rings. The molecule has 2 rings (SSSR count). The van der Waals surface area contributed by atoms with Gasteiger partial charge in [0.1, 0.15) is 0 Å². The van der Waals surface area contributed by atoms with Crippen LogP contribution in [-0.2, 0) is 0 Å². The summed E-state index contributed by atoms with van der Waals surface area (Å²) < 4.78 is 0. The van der Waals surface area contributed by atoms with E-state index in [-0.39, 0.29) is 11.7 Å². The van der Waals surface area contributed by atoms with E-state index in [1.54, 1.807) is 18.2 Å². The normalized spacial score (nSPS) is 10.4. The highest BCUT2D eigenvalue weighted by Gasteiger charge is 2.14. The molecule has 1 aromatic carbocycles. The molecule has 0 aliphatic heterocycles. The third-order valence-corrected chi connectivity index (χ3v) is 4.33. The molecule has 0 aliphatic carbocycles. The predicted octanol–water partition coefficient (Wildman–Crippen LogP) is 4.47. The maximum absolute atomic E-state index is 12.2. The average Bonchev–Trinajstić information content (AvgIpc) is 2.83. The molecule has 0 fully saturated rings. The van der Waals surface area contributed by atoms with Crippen molar-refractivity contribution in [1.29, 1.82) is 0 Å². The molecule has 20 heavy (non-hydrogen) atoms. The number of nitrogens with one attached hydrogen (secondary N) is 1. The summed E-state index contributed by atoms with van der Waals surface area (Å²) >= 11 is 7.34. The van der Waals surface area contributed by atoms with Crippen molar-refractivity contribution in [1.82, 2.24) is 0 Å². The number of Topliss-reactive ketones (excluding diaryl/α,β-unsaturated/α-hetero) is 1. The number of carbonyl (C=O) groups excluding carboxylic acids is 2. The number of rotatable bonds is 3. The number of hydrogen-bond acceptors (Lipinski definition) is 3. The molecule has 3 nitrogen and oxygen atoms in total. The summed E-state index contributed by atoms with van der Waals surface area (Å²) in [5.41, 5.74) is 2.56. The van der Waals surface area contributed by atoms with Gasteiger partial charge >= 0.3 is 0 Å². The molecule has 0 saturated carbocycles. The molecule has 1 amide bonds. The van der Waals surface area contributed by atoms with E-state index in [1.165, 1.54) is 18.3 Å². The summed E-state index contributed by atoms with van der Waals surface area (Å²) in [6.07, 6.45) is 0. The Bertz CT molecular complexity index is 668. The lowest BCUT2D eigenvalue weighted by atomic mass is 10.1. The molecule has 0 spiro atoms. The zero-order valence-electron chi connectivity index (χ0n) is 11.4. The second kappa shape index (κ2) is 5.77. The van der Waals surface area contributed by atoms with Gasteiger partial charge in [-0.25, -0.2) is 0 Å². The standard InChI is InChI=1S/C15H14ClNO2S/c1-8-6-9(2)14(11(16)7-8)17-15(19)13-5-4-12(20-13)10(3)18/h4-7H,1-3H3,(H,17,19). The fourth-order valence-corrected chi connectivity index (χ4v) is 3.06. The van der Waals surface area contributed by atoms with Crippen LogP contribution in [0.4, 0.5) is 5.69 Å². The largest absolute Gasteiger partial charge is 0.320 e. The van der Waals surface area contributed by atoms with Crippen LogP contribution in [0.25, 0.3) is 0 Å². The molecular weight excluding hydrogens is 294 g/mol. The lowest BCUT2D eigenvalue weighted by molar-refractivity contribution is 0.101. The number of thiophene rings is 1. The van der Waals surface area contributed by atoms with Gasteiger partial charge in [-0.1, -0.05) is 17.7 Å². The van der Waals surface area contributed by atoms with Crippen LogP contribution >= 0.6 is 22.9 Å². The third-order valence-electron chi connectivity index (χ3n) is 2.85. The Hall–Kier alpha value is -1.65. The zero-order valence-corrected chi connectivity index (χ0v) is 13.0. The topological polar surface area (TPSA) is 46.2 Å². The molecular formula is C15H14ClNO2S. The molecule has 104 valence electrons. The van der Waals surface area contributed by atoms with Gasteiger partial charge < -0.3 is 5.32 Å². The molecule has 0 atom stereocenters. The SMILES string of the molecule is CC(=O)c1ccc(C(=O)Nc2c(C)cc(C)cc2Cl)s1. The van der Waals surface area contributed by atoms with Gasteiger partial charge in [-0.3, -0.25) is 9.59 Å². The first-order valence-electron chi connectivity index (χ1n) is 6.07. The Morgan fingerprint density at radius 1 is 1.15 bits per heavy atom. The molecule has 0 radical (unpaired) electrons. The van der Waals surface area contributed by atoms with E-state index < -0.39 is 0 Å². The molecule has 5 heteroatoms. The highest BCUT2D eigenvalue weighted by atomic mass is 35.5. The Labute approximate surface area is 126 Å². The van der Waals surface area contributed by atoms with Gasteiger partial charge in [-0.2, -0.15) is 0 Å². The molecule has 1 aromatic heterocycles. The number of benzene rings is 1. The lowest BCUT2D eigenvalue weighted by Crippen LogP contribution is -2.11. The van der Waals surface area contributed by atoms with Crippen molar-refractivity contribution in [3.05, 3.63) is 50.2 Å². The average molecular weight is 308 g/mol. The predicted molar refractivity (Wildman–Crippen MR) is 83.2 cm³/mol. The minimum Gasteiger partial charge on any atom is -0.320 e. The molecule has 0 aliphatic rings. The number of halogens is 1. The van der Waals surface area contributed by atoms with Crippen molar-refractivity contribution < 1.29 is 9.59 Å². The molecule has 0 bridgehead atoms. The van der Waals surface area contributed by atoms with Crippen LogP contribution in [0.15, 0.2) is 24.3 Å². The van der Waals surface area contributed by atoms with Crippen LogP contribution in [0.3, 0.4) is 0 Å². The third kappa shape index (κ3) is 3.08. The monoisotopic (exact) mass is 307 g/mol. The lowest BCUT2D eigenvalue weighted by Gasteiger charge is -2.10. The first-order chi connectivity index (χ1) is 9.38. The Morgan fingerprint density at radius 3 is 2.35 bits per heavy atom. The number of hydrogen-bond donors (Lipinski definition) is 1. The van der Waals surface area contributed by atoms with Crippen molar-refractivity contribution in [3.63, 3.8) is 0 Å². The summed E-state index contributed by atoms with van der Waals surface area (Å²) in [6.45, 7) is 5.32. The first-order valence-corrected chi connectivity index (χ1v) is 7.27.